The number of hydrogen-bond acceptors (Lipinski definition) is 8. The van der Waals surface area contributed by atoms with Crippen LogP contribution in [0.3, 0.4) is 0 Å². The van der Waals surface area contributed by atoms with Gasteiger partial charge in [-0.25, -0.2) is 19.9 Å². The van der Waals surface area contributed by atoms with Gasteiger partial charge in [-0.2, -0.15) is 0 Å². The highest BCUT2D eigenvalue weighted by atomic mass is 16.5. The van der Waals surface area contributed by atoms with Gasteiger partial charge >= 0.3 is 0 Å². The second-order valence-corrected chi connectivity index (χ2v) is 10.5. The van der Waals surface area contributed by atoms with Crippen molar-refractivity contribution in [3.8, 4) is 0 Å². The van der Waals surface area contributed by atoms with Crippen molar-refractivity contribution in [1.82, 2.24) is 25.3 Å². The van der Waals surface area contributed by atoms with Crippen molar-refractivity contribution >= 4 is 34.4 Å². The zero-order valence-corrected chi connectivity index (χ0v) is 22.3. The van der Waals surface area contributed by atoms with E-state index in [2.05, 4.69) is 75.5 Å². The van der Waals surface area contributed by atoms with Crippen LogP contribution in [0.1, 0.15) is 47.8 Å². The van der Waals surface area contributed by atoms with E-state index >= 15 is 0 Å². The summed E-state index contributed by atoms with van der Waals surface area (Å²) in [6, 6.07) is 14.0. The lowest BCUT2D eigenvalue weighted by molar-refractivity contribution is 0.0951. The molecule has 0 saturated carbocycles. The number of ether oxygens (including phenoxy) is 1. The maximum absolute atomic E-state index is 13.0. The van der Waals surface area contributed by atoms with Crippen LogP contribution in [0.4, 0.5) is 17.5 Å². The molecular formula is C29H33N7O2. The first-order valence-corrected chi connectivity index (χ1v) is 12.8. The van der Waals surface area contributed by atoms with E-state index in [4.69, 9.17) is 9.72 Å². The molecule has 5 rings (SSSR count). The van der Waals surface area contributed by atoms with E-state index in [1.807, 2.05) is 25.1 Å². The topological polar surface area (TPSA) is 105 Å². The average Bonchev–Trinajstić information content (AvgIpc) is 2.93. The van der Waals surface area contributed by atoms with Crippen molar-refractivity contribution in [2.24, 2.45) is 0 Å². The first-order valence-electron chi connectivity index (χ1n) is 12.8. The van der Waals surface area contributed by atoms with Gasteiger partial charge in [-0.3, -0.25) is 4.79 Å². The summed E-state index contributed by atoms with van der Waals surface area (Å²) in [6.07, 6.45) is 3.20. The number of amides is 1. The van der Waals surface area contributed by atoms with E-state index < -0.39 is 0 Å². The summed E-state index contributed by atoms with van der Waals surface area (Å²) in [7, 11) is 0. The van der Waals surface area contributed by atoms with Gasteiger partial charge in [-0.1, -0.05) is 51.1 Å². The van der Waals surface area contributed by atoms with Crippen molar-refractivity contribution < 1.29 is 9.53 Å². The molecule has 2 aromatic carbocycles. The van der Waals surface area contributed by atoms with Crippen LogP contribution in [0.2, 0.25) is 0 Å². The molecule has 0 radical (unpaired) electrons. The Morgan fingerprint density at radius 1 is 1.03 bits per heavy atom. The fourth-order valence-electron chi connectivity index (χ4n) is 4.28. The van der Waals surface area contributed by atoms with E-state index in [9.17, 15) is 4.79 Å². The number of carbonyl (C=O) groups is 1. The molecule has 2 aromatic heterocycles. The van der Waals surface area contributed by atoms with Crippen molar-refractivity contribution in [2.45, 2.75) is 39.7 Å². The molecule has 196 valence electrons. The predicted molar refractivity (Wildman–Crippen MR) is 149 cm³/mol. The van der Waals surface area contributed by atoms with E-state index in [1.165, 1.54) is 11.9 Å². The smallest absolute Gasteiger partial charge is 0.251 e. The number of morpholine rings is 1. The molecule has 38 heavy (non-hydrogen) atoms. The van der Waals surface area contributed by atoms with Crippen LogP contribution in [-0.2, 0) is 16.7 Å². The number of hydrogen-bond donors (Lipinski definition) is 2. The lowest BCUT2D eigenvalue weighted by atomic mass is 9.87. The van der Waals surface area contributed by atoms with E-state index in [-0.39, 0.29) is 11.3 Å². The molecule has 4 aromatic rings. The number of nitrogens with zero attached hydrogens (tertiary/aromatic N) is 5. The highest BCUT2D eigenvalue weighted by Gasteiger charge is 2.17. The van der Waals surface area contributed by atoms with Gasteiger partial charge in [0.15, 0.2) is 5.82 Å². The Bertz CT molecular complexity index is 1440. The Labute approximate surface area is 222 Å². The Morgan fingerprint density at radius 2 is 1.79 bits per heavy atom. The number of rotatable bonds is 6. The van der Waals surface area contributed by atoms with Crippen molar-refractivity contribution in [3.05, 3.63) is 77.2 Å². The second kappa shape index (κ2) is 10.7. The number of aryl methyl sites for hydroxylation is 1. The predicted octanol–water partition coefficient (Wildman–Crippen LogP) is 4.54. The molecule has 9 nitrogen and oxygen atoms in total. The molecule has 1 fully saturated rings. The molecule has 0 spiro atoms. The largest absolute Gasteiger partial charge is 0.378 e. The van der Waals surface area contributed by atoms with Crippen LogP contribution >= 0.6 is 0 Å². The van der Waals surface area contributed by atoms with Crippen LogP contribution in [0.25, 0.3) is 11.0 Å². The number of nitrogens with one attached hydrogen (secondary N) is 2. The van der Waals surface area contributed by atoms with E-state index in [1.54, 1.807) is 6.20 Å². The standard InChI is InChI=1S/C29H33N7O2/c1-19-5-8-21(27(37)30-16-20-6-9-22(10-7-20)29(2,3)4)15-23(19)34-26-25-24(32-18-33-26)17-31-28(35-25)36-11-13-38-14-12-36/h5-10,15,17-18H,11-14,16H2,1-4H3,(H,30,37)(H,32,33,34). The first-order chi connectivity index (χ1) is 18.3. The normalized spacial score (nSPS) is 13.9. The number of aromatic nitrogens is 4. The third kappa shape index (κ3) is 5.73. The van der Waals surface area contributed by atoms with Crippen molar-refractivity contribution in [2.75, 3.05) is 36.5 Å². The Morgan fingerprint density at radius 3 is 2.53 bits per heavy atom. The molecule has 9 heteroatoms. The maximum Gasteiger partial charge on any atom is 0.251 e. The van der Waals surface area contributed by atoms with E-state index in [0.717, 1.165) is 29.9 Å². The zero-order chi connectivity index (χ0) is 26.7. The minimum atomic E-state index is -0.141. The number of carbonyl (C=O) groups excluding carboxylic acids is 1. The number of fused-ring (bicyclic) bond motifs is 1. The van der Waals surface area contributed by atoms with Gasteiger partial charge in [0, 0.05) is 30.9 Å². The highest BCUT2D eigenvalue weighted by molar-refractivity contribution is 5.96. The molecule has 2 N–H and O–H groups in total. The summed E-state index contributed by atoms with van der Waals surface area (Å²) >= 11 is 0. The van der Waals surface area contributed by atoms with Gasteiger partial charge in [0.2, 0.25) is 5.95 Å². The third-order valence-corrected chi connectivity index (χ3v) is 6.68. The van der Waals surface area contributed by atoms with Crippen LogP contribution in [-0.4, -0.2) is 52.1 Å². The molecule has 0 aliphatic carbocycles. The van der Waals surface area contributed by atoms with Gasteiger partial charge in [0.1, 0.15) is 17.4 Å². The molecule has 0 bridgehead atoms. The number of anilines is 3. The zero-order valence-electron chi connectivity index (χ0n) is 22.3. The minimum absolute atomic E-state index is 0.0954. The summed E-state index contributed by atoms with van der Waals surface area (Å²) < 4.78 is 5.45. The first kappa shape index (κ1) is 25.5. The highest BCUT2D eigenvalue weighted by Crippen LogP contribution is 2.26. The van der Waals surface area contributed by atoms with Gasteiger partial charge in [-0.05, 0) is 41.2 Å². The van der Waals surface area contributed by atoms with Gasteiger partial charge in [0.05, 0.1) is 19.4 Å². The molecule has 1 amide bonds. The summed E-state index contributed by atoms with van der Waals surface area (Å²) in [5, 5.41) is 6.40. The van der Waals surface area contributed by atoms with Crippen LogP contribution in [0.5, 0.6) is 0 Å². The van der Waals surface area contributed by atoms with Gasteiger partial charge in [0.25, 0.3) is 5.91 Å². The molecule has 1 saturated heterocycles. The van der Waals surface area contributed by atoms with Gasteiger partial charge in [-0.15, -0.1) is 0 Å². The lowest BCUT2D eigenvalue weighted by Gasteiger charge is -2.26. The van der Waals surface area contributed by atoms with E-state index in [0.29, 0.717) is 48.1 Å². The summed E-state index contributed by atoms with van der Waals surface area (Å²) in [5.41, 5.74) is 6.00. The molecule has 1 aliphatic heterocycles. The average molecular weight is 512 g/mol. The SMILES string of the molecule is Cc1ccc(C(=O)NCc2ccc(C(C)(C)C)cc2)cc1Nc1ncnc2cnc(N3CCOCC3)nc12. The number of benzene rings is 2. The summed E-state index contributed by atoms with van der Waals surface area (Å²) in [5.74, 6) is 1.04. The Kier molecular flexibility index (Phi) is 7.20. The molecule has 0 atom stereocenters. The Hall–Kier alpha value is -4.11. The quantitative estimate of drug-likeness (QED) is 0.389. The maximum atomic E-state index is 13.0. The molecule has 0 unspecified atom stereocenters. The third-order valence-electron chi connectivity index (χ3n) is 6.68. The summed E-state index contributed by atoms with van der Waals surface area (Å²) in [6.45, 7) is 11.8. The fourth-order valence-corrected chi connectivity index (χ4v) is 4.28. The molecular weight excluding hydrogens is 478 g/mol. The van der Waals surface area contributed by atoms with Crippen molar-refractivity contribution in [1.29, 1.82) is 0 Å². The lowest BCUT2D eigenvalue weighted by Crippen LogP contribution is -2.37. The van der Waals surface area contributed by atoms with Crippen molar-refractivity contribution in [3.63, 3.8) is 0 Å². The van der Waals surface area contributed by atoms with Crippen LogP contribution in [0, 0.1) is 6.92 Å². The monoisotopic (exact) mass is 511 g/mol. The second-order valence-electron chi connectivity index (χ2n) is 10.5. The minimum Gasteiger partial charge on any atom is -0.378 e. The fraction of sp³-hybridized carbons (Fsp3) is 0.345. The summed E-state index contributed by atoms with van der Waals surface area (Å²) in [4.78, 5) is 33.1. The van der Waals surface area contributed by atoms with Crippen LogP contribution in [0.15, 0.2) is 55.0 Å². The van der Waals surface area contributed by atoms with Crippen LogP contribution < -0.4 is 15.5 Å². The molecule has 1 aliphatic rings. The molecule has 3 heterocycles. The Balaban J connectivity index is 1.33. The van der Waals surface area contributed by atoms with Gasteiger partial charge < -0.3 is 20.3 Å².